The minimum Gasteiger partial charge on any atom is -0.497 e. The molecule has 0 bridgehead atoms. The molecule has 140 valence electrons. The molecule has 0 unspecified atom stereocenters. The van der Waals surface area contributed by atoms with Gasteiger partial charge in [0.15, 0.2) is 5.76 Å². The quantitative estimate of drug-likeness (QED) is 0.641. The number of hydrogen-bond acceptors (Lipinski definition) is 4. The number of benzene rings is 2. The largest absolute Gasteiger partial charge is 0.497 e. The molecule has 0 saturated carbocycles. The summed E-state index contributed by atoms with van der Waals surface area (Å²) in [6.45, 7) is 0. The molecule has 0 aliphatic heterocycles. The Bertz CT molecular complexity index is 980. The zero-order valence-corrected chi connectivity index (χ0v) is 14.1. The number of amides is 1. The summed E-state index contributed by atoms with van der Waals surface area (Å²) in [5.74, 6) is 0.0482. The van der Waals surface area contributed by atoms with E-state index in [1.165, 1.54) is 31.4 Å². The van der Waals surface area contributed by atoms with E-state index in [2.05, 4.69) is 5.32 Å². The lowest BCUT2D eigenvalue weighted by atomic mass is 10.1. The highest BCUT2D eigenvalue weighted by Crippen LogP contribution is 2.33. The molecular weight excluding hydrogens is 361 g/mol. The van der Waals surface area contributed by atoms with Crippen molar-refractivity contribution in [3.63, 3.8) is 0 Å². The number of nitrogens with two attached hydrogens (primary N) is 1. The highest BCUT2D eigenvalue weighted by molar-refractivity contribution is 6.04. The van der Waals surface area contributed by atoms with E-state index in [4.69, 9.17) is 14.9 Å². The van der Waals surface area contributed by atoms with Crippen LogP contribution < -0.4 is 15.8 Å². The highest BCUT2D eigenvalue weighted by atomic mass is 19.4. The van der Waals surface area contributed by atoms with Crippen molar-refractivity contribution in [3.8, 4) is 17.1 Å². The second-order valence-corrected chi connectivity index (χ2v) is 5.65. The lowest BCUT2D eigenvalue weighted by molar-refractivity contribution is -0.137. The number of nitrogen functional groups attached to an aromatic ring is 1. The summed E-state index contributed by atoms with van der Waals surface area (Å²) < 4.78 is 49.0. The monoisotopic (exact) mass is 376 g/mol. The average molecular weight is 376 g/mol. The van der Waals surface area contributed by atoms with Crippen molar-refractivity contribution >= 4 is 17.3 Å². The summed E-state index contributed by atoms with van der Waals surface area (Å²) in [7, 11) is 1.49. The van der Waals surface area contributed by atoms with Crippen LogP contribution in [-0.2, 0) is 6.18 Å². The fourth-order valence-electron chi connectivity index (χ4n) is 2.43. The van der Waals surface area contributed by atoms with E-state index < -0.39 is 17.6 Å². The van der Waals surface area contributed by atoms with Gasteiger partial charge in [-0.15, -0.1) is 0 Å². The van der Waals surface area contributed by atoms with Crippen molar-refractivity contribution in [2.24, 2.45) is 0 Å². The van der Waals surface area contributed by atoms with Crippen LogP contribution in [0.25, 0.3) is 11.3 Å². The first-order valence-corrected chi connectivity index (χ1v) is 7.80. The predicted molar refractivity (Wildman–Crippen MR) is 94.5 cm³/mol. The smallest absolute Gasteiger partial charge is 0.416 e. The van der Waals surface area contributed by atoms with Gasteiger partial charge in [-0.2, -0.15) is 13.2 Å². The Balaban J connectivity index is 1.80. The normalized spacial score (nSPS) is 11.3. The van der Waals surface area contributed by atoms with Crippen LogP contribution in [0.4, 0.5) is 24.5 Å². The molecule has 2 aromatic carbocycles. The molecule has 0 atom stereocenters. The van der Waals surface area contributed by atoms with E-state index in [1.54, 1.807) is 18.2 Å². The number of anilines is 2. The molecule has 27 heavy (non-hydrogen) atoms. The molecule has 5 nitrogen and oxygen atoms in total. The minimum atomic E-state index is -4.46. The fourth-order valence-corrected chi connectivity index (χ4v) is 2.43. The molecule has 0 radical (unpaired) electrons. The average Bonchev–Trinajstić information content (AvgIpc) is 3.13. The number of halogens is 3. The molecule has 3 aromatic rings. The molecule has 1 heterocycles. The minimum absolute atomic E-state index is 0.0578. The maximum Gasteiger partial charge on any atom is 0.416 e. The summed E-state index contributed by atoms with van der Waals surface area (Å²) in [5, 5.41) is 2.58. The first-order valence-electron chi connectivity index (χ1n) is 7.80. The highest BCUT2D eigenvalue weighted by Gasteiger charge is 2.30. The number of furan rings is 1. The molecule has 0 aliphatic carbocycles. The van der Waals surface area contributed by atoms with Gasteiger partial charge in [-0.05, 0) is 36.4 Å². The van der Waals surface area contributed by atoms with Crippen LogP contribution in [0.1, 0.15) is 16.1 Å². The van der Waals surface area contributed by atoms with E-state index >= 15 is 0 Å². The summed E-state index contributed by atoms with van der Waals surface area (Å²) in [6.07, 6.45) is -4.46. The number of carbonyl (C=O) groups is 1. The van der Waals surface area contributed by atoms with Gasteiger partial charge in [0.2, 0.25) is 0 Å². The predicted octanol–water partition coefficient (Wildman–Crippen LogP) is 4.81. The maximum absolute atomic E-state index is 12.8. The third-order valence-corrected chi connectivity index (χ3v) is 3.81. The molecule has 1 amide bonds. The zero-order valence-electron chi connectivity index (χ0n) is 14.1. The van der Waals surface area contributed by atoms with Crippen LogP contribution in [-0.4, -0.2) is 13.0 Å². The molecule has 1 aromatic heterocycles. The van der Waals surface area contributed by atoms with Crippen LogP contribution >= 0.6 is 0 Å². The molecule has 0 spiro atoms. The molecule has 3 N–H and O–H groups in total. The third-order valence-electron chi connectivity index (χ3n) is 3.81. The number of alkyl halides is 3. The van der Waals surface area contributed by atoms with E-state index in [1.807, 2.05) is 0 Å². The molecule has 0 aliphatic rings. The number of hydrogen-bond donors (Lipinski definition) is 2. The van der Waals surface area contributed by atoms with Crippen molar-refractivity contribution in [1.82, 2.24) is 0 Å². The van der Waals surface area contributed by atoms with E-state index in [0.29, 0.717) is 17.1 Å². The summed E-state index contributed by atoms with van der Waals surface area (Å²) in [6, 6.07) is 12.2. The Morgan fingerprint density at radius 1 is 1.11 bits per heavy atom. The Hall–Kier alpha value is -3.42. The lowest BCUT2D eigenvalue weighted by Gasteiger charge is -2.09. The van der Waals surface area contributed by atoms with Gasteiger partial charge in [-0.1, -0.05) is 12.1 Å². The first-order chi connectivity index (χ1) is 12.8. The molecule has 0 fully saturated rings. The van der Waals surface area contributed by atoms with Gasteiger partial charge in [-0.25, -0.2) is 0 Å². The van der Waals surface area contributed by atoms with Crippen LogP contribution in [0.15, 0.2) is 59.0 Å². The van der Waals surface area contributed by atoms with Crippen molar-refractivity contribution in [2.75, 3.05) is 18.2 Å². The molecule has 0 saturated heterocycles. The maximum atomic E-state index is 12.8. The van der Waals surface area contributed by atoms with Crippen molar-refractivity contribution in [3.05, 3.63) is 65.9 Å². The summed E-state index contributed by atoms with van der Waals surface area (Å²) in [4.78, 5) is 12.3. The van der Waals surface area contributed by atoms with Gasteiger partial charge in [-0.3, -0.25) is 4.79 Å². The van der Waals surface area contributed by atoms with Gasteiger partial charge in [0.1, 0.15) is 11.5 Å². The number of ether oxygens (including phenoxy) is 1. The van der Waals surface area contributed by atoms with Crippen LogP contribution in [0, 0.1) is 0 Å². The second-order valence-electron chi connectivity index (χ2n) is 5.65. The van der Waals surface area contributed by atoms with E-state index in [0.717, 1.165) is 12.1 Å². The first kappa shape index (κ1) is 18.4. The fraction of sp³-hybridized carbons (Fsp3) is 0.105. The Kier molecular flexibility index (Phi) is 4.81. The summed E-state index contributed by atoms with van der Waals surface area (Å²) >= 11 is 0. The van der Waals surface area contributed by atoms with Crippen LogP contribution in [0.5, 0.6) is 5.75 Å². The van der Waals surface area contributed by atoms with E-state index in [-0.39, 0.29) is 17.1 Å². The number of rotatable bonds is 4. The van der Waals surface area contributed by atoms with Gasteiger partial charge in [0, 0.05) is 11.6 Å². The zero-order chi connectivity index (χ0) is 19.6. The number of carbonyl (C=O) groups excluding carboxylic acids is 1. The second kappa shape index (κ2) is 7.06. The van der Waals surface area contributed by atoms with Crippen molar-refractivity contribution in [1.29, 1.82) is 0 Å². The van der Waals surface area contributed by atoms with Gasteiger partial charge in [0.05, 0.1) is 24.0 Å². The van der Waals surface area contributed by atoms with Crippen LogP contribution in [0.3, 0.4) is 0 Å². The third kappa shape index (κ3) is 4.05. The Labute approximate surface area is 152 Å². The van der Waals surface area contributed by atoms with Crippen molar-refractivity contribution < 1.29 is 27.1 Å². The lowest BCUT2D eigenvalue weighted by Crippen LogP contribution is -2.12. The van der Waals surface area contributed by atoms with E-state index in [9.17, 15) is 18.0 Å². The standard InChI is InChI=1S/C19H15F3N2O3/c1-26-13-5-6-15(14(23)10-13)24-18(25)17-8-7-16(27-17)11-3-2-4-12(9-11)19(20,21)22/h2-10H,23H2,1H3,(H,24,25). The number of nitrogens with one attached hydrogen (secondary N) is 1. The van der Waals surface area contributed by atoms with Crippen LogP contribution in [0.2, 0.25) is 0 Å². The molecule has 3 rings (SSSR count). The van der Waals surface area contributed by atoms with Gasteiger partial charge < -0.3 is 20.2 Å². The Morgan fingerprint density at radius 2 is 1.89 bits per heavy atom. The van der Waals surface area contributed by atoms with Crippen molar-refractivity contribution in [2.45, 2.75) is 6.18 Å². The SMILES string of the molecule is COc1ccc(NC(=O)c2ccc(-c3cccc(C(F)(F)F)c3)o2)c(N)c1. The van der Waals surface area contributed by atoms with Gasteiger partial charge in [0.25, 0.3) is 5.91 Å². The number of methoxy groups -OCH3 is 1. The Morgan fingerprint density at radius 3 is 2.56 bits per heavy atom. The topological polar surface area (TPSA) is 77.5 Å². The van der Waals surface area contributed by atoms with Gasteiger partial charge >= 0.3 is 6.18 Å². The molecular formula is C19H15F3N2O3. The molecule has 8 heteroatoms. The summed E-state index contributed by atoms with van der Waals surface area (Å²) in [5.41, 5.74) is 5.92.